The molecular weight excluding hydrogens is 226 g/mol. The van der Waals surface area contributed by atoms with Crippen LogP contribution < -0.4 is 5.32 Å². The summed E-state index contributed by atoms with van der Waals surface area (Å²) < 4.78 is 10.8. The van der Waals surface area contributed by atoms with Crippen LogP contribution in [0.3, 0.4) is 0 Å². The average molecular weight is 251 g/mol. The lowest BCUT2D eigenvalue weighted by Crippen LogP contribution is -2.35. The van der Waals surface area contributed by atoms with Gasteiger partial charge < -0.3 is 14.8 Å². The van der Waals surface area contributed by atoms with Crippen LogP contribution in [0.1, 0.15) is 35.2 Å². The summed E-state index contributed by atoms with van der Waals surface area (Å²) in [4.78, 5) is 0. The lowest BCUT2D eigenvalue weighted by atomic mass is 9.95. The first-order valence-electron chi connectivity index (χ1n) is 6.41. The smallest absolute Gasteiger partial charge is 0.176 e. The van der Waals surface area contributed by atoms with Gasteiger partial charge in [-0.3, -0.25) is 0 Å². The van der Waals surface area contributed by atoms with Crippen molar-refractivity contribution in [3.63, 3.8) is 0 Å². The Balaban J connectivity index is 3.16. The summed E-state index contributed by atoms with van der Waals surface area (Å²) in [5, 5.41) is 3.44. The van der Waals surface area contributed by atoms with Gasteiger partial charge in [0.1, 0.15) is 0 Å². The van der Waals surface area contributed by atoms with Gasteiger partial charge >= 0.3 is 0 Å². The van der Waals surface area contributed by atoms with Gasteiger partial charge in [-0.25, -0.2) is 0 Å². The number of rotatable bonds is 6. The zero-order valence-electron chi connectivity index (χ0n) is 12.3. The van der Waals surface area contributed by atoms with Crippen molar-refractivity contribution in [2.45, 2.75) is 40.0 Å². The molecule has 0 saturated carbocycles. The highest BCUT2D eigenvalue weighted by Gasteiger charge is 2.23. The van der Waals surface area contributed by atoms with Crippen molar-refractivity contribution < 1.29 is 9.47 Å². The molecule has 0 saturated heterocycles. The predicted octanol–water partition coefficient (Wildman–Crippen LogP) is 2.88. The average Bonchev–Trinajstić information content (AvgIpc) is 2.34. The Morgan fingerprint density at radius 3 is 2.06 bits per heavy atom. The van der Waals surface area contributed by atoms with Gasteiger partial charge in [0.25, 0.3) is 0 Å². The number of hydrogen-bond donors (Lipinski definition) is 1. The fourth-order valence-corrected chi connectivity index (χ4v) is 2.26. The van der Waals surface area contributed by atoms with Crippen molar-refractivity contribution in [2.24, 2.45) is 0 Å². The quantitative estimate of drug-likeness (QED) is 0.789. The molecule has 0 bridgehead atoms. The second-order valence-corrected chi connectivity index (χ2v) is 4.67. The largest absolute Gasteiger partial charge is 0.354 e. The molecule has 1 unspecified atom stereocenters. The first-order chi connectivity index (χ1) is 8.54. The van der Waals surface area contributed by atoms with Crippen molar-refractivity contribution in [1.29, 1.82) is 0 Å². The van der Waals surface area contributed by atoms with Crippen LogP contribution >= 0.6 is 0 Å². The Bertz CT molecular complexity index is 386. The van der Waals surface area contributed by atoms with Gasteiger partial charge in [-0.05, 0) is 49.6 Å². The van der Waals surface area contributed by atoms with E-state index >= 15 is 0 Å². The molecule has 0 aliphatic rings. The zero-order chi connectivity index (χ0) is 13.7. The number of nitrogens with one attached hydrogen (secondary N) is 1. The van der Waals surface area contributed by atoms with Crippen molar-refractivity contribution in [1.82, 2.24) is 5.32 Å². The summed E-state index contributed by atoms with van der Waals surface area (Å²) in [5.41, 5.74) is 5.12. The molecule has 0 radical (unpaired) electrons. The molecule has 1 atom stereocenters. The number of ether oxygens (including phenoxy) is 2. The molecule has 1 rings (SSSR count). The van der Waals surface area contributed by atoms with E-state index in [0.717, 1.165) is 6.54 Å². The van der Waals surface area contributed by atoms with E-state index in [2.05, 4.69) is 45.1 Å². The number of hydrogen-bond acceptors (Lipinski definition) is 3. The molecule has 0 aromatic heterocycles. The topological polar surface area (TPSA) is 30.5 Å². The number of methoxy groups -OCH3 is 2. The van der Waals surface area contributed by atoms with E-state index in [0.29, 0.717) is 0 Å². The molecule has 3 nitrogen and oxygen atoms in total. The van der Waals surface area contributed by atoms with Crippen LogP contribution in [-0.4, -0.2) is 27.1 Å². The van der Waals surface area contributed by atoms with Crippen LogP contribution in [0, 0.1) is 20.8 Å². The normalized spacial score (nSPS) is 13.1. The van der Waals surface area contributed by atoms with Gasteiger partial charge in [-0.1, -0.05) is 19.1 Å². The maximum Gasteiger partial charge on any atom is 0.176 e. The highest BCUT2D eigenvalue weighted by atomic mass is 16.7. The minimum atomic E-state index is -0.272. The molecule has 0 fully saturated rings. The Hall–Kier alpha value is -0.900. The molecule has 1 N–H and O–H groups in total. The monoisotopic (exact) mass is 251 g/mol. The van der Waals surface area contributed by atoms with Gasteiger partial charge in [-0.15, -0.1) is 0 Å². The van der Waals surface area contributed by atoms with Gasteiger partial charge in [0, 0.05) is 14.2 Å². The maximum atomic E-state index is 5.41. The summed E-state index contributed by atoms with van der Waals surface area (Å²) in [6.45, 7) is 9.37. The van der Waals surface area contributed by atoms with Crippen LogP contribution in [-0.2, 0) is 9.47 Å². The Labute approximate surface area is 110 Å². The first-order valence-corrected chi connectivity index (χ1v) is 6.41. The third-order valence-electron chi connectivity index (χ3n) is 3.38. The van der Waals surface area contributed by atoms with E-state index in [1.165, 1.54) is 22.3 Å². The third-order valence-corrected chi connectivity index (χ3v) is 3.38. The minimum Gasteiger partial charge on any atom is -0.354 e. The van der Waals surface area contributed by atoms with E-state index in [1.54, 1.807) is 14.2 Å². The Kier molecular flexibility index (Phi) is 5.79. The third kappa shape index (κ3) is 3.31. The van der Waals surface area contributed by atoms with Crippen LogP contribution in [0.2, 0.25) is 0 Å². The molecule has 18 heavy (non-hydrogen) atoms. The van der Waals surface area contributed by atoms with Gasteiger partial charge in [-0.2, -0.15) is 0 Å². The van der Waals surface area contributed by atoms with Crippen molar-refractivity contribution in [3.05, 3.63) is 34.4 Å². The highest BCUT2D eigenvalue weighted by molar-refractivity contribution is 5.38. The zero-order valence-corrected chi connectivity index (χ0v) is 12.3. The van der Waals surface area contributed by atoms with Crippen LogP contribution in [0.5, 0.6) is 0 Å². The first kappa shape index (κ1) is 15.2. The minimum absolute atomic E-state index is 0.0595. The molecule has 0 spiro atoms. The van der Waals surface area contributed by atoms with Gasteiger partial charge in [0.2, 0.25) is 0 Å². The van der Waals surface area contributed by atoms with Crippen LogP contribution in [0.4, 0.5) is 0 Å². The van der Waals surface area contributed by atoms with Crippen LogP contribution in [0.15, 0.2) is 12.1 Å². The van der Waals surface area contributed by atoms with E-state index in [9.17, 15) is 0 Å². The molecule has 3 heteroatoms. The van der Waals surface area contributed by atoms with E-state index in [1.807, 2.05) is 0 Å². The van der Waals surface area contributed by atoms with Crippen molar-refractivity contribution >= 4 is 0 Å². The fraction of sp³-hybridized carbons (Fsp3) is 0.600. The van der Waals surface area contributed by atoms with Gasteiger partial charge in [0.15, 0.2) is 6.29 Å². The molecule has 1 aromatic rings. The van der Waals surface area contributed by atoms with Gasteiger partial charge in [0.05, 0.1) is 6.04 Å². The molecule has 1 aromatic carbocycles. The molecule has 0 aliphatic heterocycles. The Morgan fingerprint density at radius 2 is 1.56 bits per heavy atom. The molecule has 0 heterocycles. The lowest BCUT2D eigenvalue weighted by molar-refractivity contribution is -0.124. The SMILES string of the molecule is CCNC(c1cc(C)c(C)cc1C)C(OC)OC. The molecule has 0 amide bonds. The van der Waals surface area contributed by atoms with Crippen molar-refractivity contribution in [3.8, 4) is 0 Å². The summed E-state index contributed by atoms with van der Waals surface area (Å²) in [6.07, 6.45) is -0.272. The lowest BCUT2D eigenvalue weighted by Gasteiger charge is -2.27. The fourth-order valence-electron chi connectivity index (χ4n) is 2.26. The Morgan fingerprint density at radius 1 is 1.00 bits per heavy atom. The summed E-state index contributed by atoms with van der Waals surface area (Å²) in [5.74, 6) is 0. The molecule has 0 aliphatic carbocycles. The maximum absolute atomic E-state index is 5.41. The molecular formula is C15H25NO2. The second-order valence-electron chi connectivity index (χ2n) is 4.67. The summed E-state index contributed by atoms with van der Waals surface area (Å²) >= 11 is 0. The van der Waals surface area contributed by atoms with Crippen molar-refractivity contribution in [2.75, 3.05) is 20.8 Å². The number of aryl methyl sites for hydroxylation is 3. The number of likely N-dealkylation sites (N-methyl/N-ethyl adjacent to an activating group) is 1. The summed E-state index contributed by atoms with van der Waals surface area (Å²) in [7, 11) is 3.35. The standard InChI is InChI=1S/C15H25NO2/c1-7-16-14(15(17-5)18-6)13-9-11(3)10(2)8-12(13)4/h8-9,14-16H,7H2,1-6H3. The summed E-state index contributed by atoms with van der Waals surface area (Å²) in [6, 6.07) is 4.50. The highest BCUT2D eigenvalue weighted by Crippen LogP contribution is 2.25. The van der Waals surface area contributed by atoms with E-state index in [4.69, 9.17) is 9.47 Å². The second kappa shape index (κ2) is 6.88. The molecule has 102 valence electrons. The van der Waals surface area contributed by atoms with E-state index < -0.39 is 0 Å². The van der Waals surface area contributed by atoms with E-state index in [-0.39, 0.29) is 12.3 Å². The predicted molar refractivity (Wildman–Crippen MR) is 74.9 cm³/mol. The number of benzene rings is 1. The van der Waals surface area contributed by atoms with Crippen LogP contribution in [0.25, 0.3) is 0 Å².